The van der Waals surface area contributed by atoms with E-state index in [1.807, 2.05) is 92.7 Å². The van der Waals surface area contributed by atoms with Crippen LogP contribution in [-0.4, -0.2) is 113 Å². The van der Waals surface area contributed by atoms with Crippen LogP contribution in [0.4, 0.5) is 42.9 Å². The van der Waals surface area contributed by atoms with Crippen molar-refractivity contribution in [3.63, 3.8) is 0 Å². The van der Waals surface area contributed by atoms with E-state index < -0.39 is 18.1 Å². The van der Waals surface area contributed by atoms with Gasteiger partial charge in [-0.05, 0) is 122 Å². The Morgan fingerprint density at radius 3 is 1.65 bits per heavy atom. The maximum atomic E-state index is 14.3. The zero-order chi connectivity index (χ0) is 52.3. The Morgan fingerprint density at radius 1 is 0.662 bits per heavy atom. The van der Waals surface area contributed by atoms with Crippen LogP contribution in [0.5, 0.6) is 0 Å². The first-order valence-corrected chi connectivity index (χ1v) is 24.8. The van der Waals surface area contributed by atoms with Gasteiger partial charge in [-0.2, -0.15) is 4.99 Å². The number of nitrogens with one attached hydrogen (secondary N) is 2. The molecule has 380 valence electrons. The number of amides is 2. The molecule has 4 heterocycles. The number of rotatable bonds is 7. The second-order valence-electron chi connectivity index (χ2n) is 17.6. The summed E-state index contributed by atoms with van der Waals surface area (Å²) < 4.78 is 38.7. The zero-order valence-corrected chi connectivity index (χ0v) is 43.1. The number of benzodiazepines with no additional fused rings is 2. The standard InChI is InChI=1S/C28H28FN5O2S.C16H14FN3O.C12H14N2OS/c1-18-16-21(34-12-14-36-15-13-34)9-10-23(18)30-28(37)32-26-27(35)33(2)24-11-8-20(29)17-22(24)25(31-26)19-6-4-3-5-7-19;1-20-13-8-7-11(17)9-12(13)14(19-15(18)16(20)21)10-5-3-2-4-6-10;1-10-8-11(2-3-12(10)13-9-16)14-4-6-15-7-5-14/h3-11,16-17,26H,12-15H2,1-2H3,(H2,30,32,37);2-9,15H,18H2,1H3;2-3,8H,4-7H2,1H3. The van der Waals surface area contributed by atoms with Crippen LogP contribution in [0.2, 0.25) is 0 Å². The number of ether oxygens (including phenoxy) is 2. The van der Waals surface area contributed by atoms with Gasteiger partial charge in [-0.15, -0.1) is 0 Å². The van der Waals surface area contributed by atoms with Crippen molar-refractivity contribution in [1.29, 1.82) is 0 Å². The molecule has 2 amide bonds. The molecule has 74 heavy (non-hydrogen) atoms. The molecular weight excluding hydrogens is 979 g/mol. The fourth-order valence-electron chi connectivity index (χ4n) is 8.79. The highest BCUT2D eigenvalue weighted by atomic mass is 32.1. The van der Waals surface area contributed by atoms with E-state index in [4.69, 9.17) is 32.4 Å². The van der Waals surface area contributed by atoms with Crippen LogP contribution < -0.4 is 36.0 Å². The number of halogens is 2. The predicted molar refractivity (Wildman–Crippen MR) is 298 cm³/mol. The number of aliphatic imine (C=N–C) groups is 3. The van der Waals surface area contributed by atoms with Gasteiger partial charge in [-0.3, -0.25) is 14.6 Å². The number of carbonyl (C=O) groups excluding carboxylic acids is 2. The van der Waals surface area contributed by atoms with Gasteiger partial charge in [0.05, 0.1) is 60.1 Å². The summed E-state index contributed by atoms with van der Waals surface area (Å²) in [6.45, 7) is 10.7. The monoisotopic (exact) mass is 1030 g/mol. The molecule has 0 spiro atoms. The number of nitrogens with two attached hydrogens (primary N) is 1. The van der Waals surface area contributed by atoms with Gasteiger partial charge >= 0.3 is 0 Å². The Morgan fingerprint density at radius 2 is 1.15 bits per heavy atom. The van der Waals surface area contributed by atoms with Crippen LogP contribution in [0.3, 0.4) is 0 Å². The topological polar surface area (TPSA) is 153 Å². The van der Waals surface area contributed by atoms with E-state index in [-0.39, 0.29) is 22.7 Å². The largest absolute Gasteiger partial charge is 0.378 e. The fraction of sp³-hybridized carbons (Fsp3) is 0.250. The minimum absolute atomic E-state index is 0.266. The molecular formula is C56H56F2N10O4S2. The third-order valence-corrected chi connectivity index (χ3v) is 13.1. The number of nitrogens with zero attached hydrogens (tertiary/aromatic N) is 7. The van der Waals surface area contributed by atoms with Crippen LogP contribution in [0.25, 0.3) is 0 Å². The quantitative estimate of drug-likeness (QED) is 0.104. The molecule has 0 aromatic heterocycles. The third kappa shape index (κ3) is 12.6. The summed E-state index contributed by atoms with van der Waals surface area (Å²) in [5, 5.41) is 8.93. The summed E-state index contributed by atoms with van der Waals surface area (Å²) in [5.74, 6) is -1.41. The molecule has 18 heteroatoms. The normalized spacial score (nSPS) is 17.3. The summed E-state index contributed by atoms with van der Waals surface area (Å²) in [6, 6.07) is 39.7. The van der Waals surface area contributed by atoms with Crippen molar-refractivity contribution < 1.29 is 27.8 Å². The van der Waals surface area contributed by atoms with Crippen LogP contribution >= 0.6 is 24.4 Å². The van der Waals surface area contributed by atoms with Crippen molar-refractivity contribution in [2.75, 3.05) is 91.6 Å². The molecule has 10 rings (SSSR count). The Hall–Kier alpha value is -7.57. The first-order valence-electron chi connectivity index (χ1n) is 24.0. The number of hydrogen-bond acceptors (Lipinski definition) is 12. The van der Waals surface area contributed by atoms with Crippen molar-refractivity contribution in [1.82, 2.24) is 5.32 Å². The van der Waals surface area contributed by atoms with Gasteiger partial charge < -0.3 is 45.4 Å². The van der Waals surface area contributed by atoms with E-state index in [1.165, 1.54) is 39.8 Å². The number of hydrogen-bond donors (Lipinski definition) is 3. The average molecular weight is 1040 g/mol. The highest BCUT2D eigenvalue weighted by molar-refractivity contribution is 7.80. The third-order valence-electron chi connectivity index (χ3n) is 12.7. The van der Waals surface area contributed by atoms with Crippen molar-refractivity contribution in [2.45, 2.75) is 26.2 Å². The Balaban J connectivity index is 0.000000165. The van der Waals surface area contributed by atoms with Gasteiger partial charge in [0, 0.05) is 79.6 Å². The van der Waals surface area contributed by atoms with Crippen molar-refractivity contribution in [2.24, 2.45) is 20.7 Å². The van der Waals surface area contributed by atoms with E-state index in [0.717, 1.165) is 91.9 Å². The highest BCUT2D eigenvalue weighted by Gasteiger charge is 2.32. The van der Waals surface area contributed by atoms with Crippen LogP contribution in [0.1, 0.15) is 33.4 Å². The molecule has 4 aliphatic heterocycles. The lowest BCUT2D eigenvalue weighted by Gasteiger charge is -2.29. The lowest BCUT2D eigenvalue weighted by Crippen LogP contribution is -2.47. The van der Waals surface area contributed by atoms with E-state index >= 15 is 0 Å². The Bertz CT molecular complexity index is 3130. The summed E-state index contributed by atoms with van der Waals surface area (Å²) >= 11 is 10.2. The molecule has 0 bridgehead atoms. The Kier molecular flexibility index (Phi) is 17.4. The lowest BCUT2D eigenvalue weighted by atomic mass is 10.00. The van der Waals surface area contributed by atoms with E-state index in [1.54, 1.807) is 26.2 Å². The Labute approximate surface area is 440 Å². The molecule has 2 unspecified atom stereocenters. The first kappa shape index (κ1) is 52.7. The number of likely N-dealkylation sites (N-methyl/N-ethyl adjacent to an activating group) is 2. The van der Waals surface area contributed by atoms with Gasteiger partial charge in [0.2, 0.25) is 6.17 Å². The van der Waals surface area contributed by atoms with Crippen molar-refractivity contribution in [3.05, 3.63) is 178 Å². The second-order valence-corrected chi connectivity index (χ2v) is 18.2. The molecule has 0 radical (unpaired) electrons. The molecule has 4 aliphatic rings. The number of benzene rings is 6. The molecule has 2 fully saturated rings. The summed E-state index contributed by atoms with van der Waals surface area (Å²) in [6.07, 6.45) is -2.00. The molecule has 14 nitrogen and oxygen atoms in total. The number of thiocarbonyl (C=S) groups is 2. The molecule has 0 saturated carbocycles. The molecule has 6 aromatic carbocycles. The van der Waals surface area contributed by atoms with E-state index in [2.05, 4.69) is 66.0 Å². The maximum Gasteiger partial charge on any atom is 0.272 e. The number of isothiocyanates is 1. The zero-order valence-electron chi connectivity index (χ0n) is 41.4. The number of morpholine rings is 2. The SMILES string of the molecule is CN1C(=O)C(N)N=C(c2ccccc2)c2cc(F)ccc21.Cc1cc(N2CCOCC2)ccc1N=C=S.Cc1cc(N2CCOCC2)ccc1NC(=S)NC1N=C(c2ccccc2)c2cc(F)ccc2N(C)C1=O. The number of carbonyl (C=O) groups is 2. The summed E-state index contributed by atoms with van der Waals surface area (Å²) in [5.41, 5.74) is 17.0. The molecule has 2 atom stereocenters. The molecule has 2 saturated heterocycles. The van der Waals surface area contributed by atoms with Crippen molar-refractivity contribution >= 4 is 92.1 Å². The van der Waals surface area contributed by atoms with Gasteiger partial charge in [-0.25, -0.2) is 13.8 Å². The smallest absolute Gasteiger partial charge is 0.272 e. The minimum Gasteiger partial charge on any atom is -0.378 e. The lowest BCUT2D eigenvalue weighted by molar-refractivity contribution is -0.120. The molecule has 0 aliphatic carbocycles. The van der Waals surface area contributed by atoms with Gasteiger partial charge in [0.25, 0.3) is 11.8 Å². The number of anilines is 5. The number of fused-ring (bicyclic) bond motifs is 2. The van der Waals surface area contributed by atoms with Crippen LogP contribution in [-0.2, 0) is 19.1 Å². The number of aryl methyl sites for hydroxylation is 2. The second kappa shape index (κ2) is 24.4. The van der Waals surface area contributed by atoms with Gasteiger partial charge in [0.15, 0.2) is 11.3 Å². The minimum atomic E-state index is -0.999. The van der Waals surface area contributed by atoms with Gasteiger partial charge in [-0.1, -0.05) is 60.7 Å². The fourth-order valence-corrected chi connectivity index (χ4v) is 9.11. The van der Waals surface area contributed by atoms with Gasteiger partial charge in [0.1, 0.15) is 11.6 Å². The van der Waals surface area contributed by atoms with Crippen LogP contribution in [0, 0.1) is 25.5 Å². The first-order chi connectivity index (χ1) is 35.8. The van der Waals surface area contributed by atoms with Crippen molar-refractivity contribution in [3.8, 4) is 0 Å². The van der Waals surface area contributed by atoms with Crippen LogP contribution in [0.15, 0.2) is 148 Å². The average Bonchev–Trinajstić information content (AvgIpc) is 3.58. The summed E-state index contributed by atoms with van der Waals surface area (Å²) in [7, 11) is 3.27. The highest BCUT2D eigenvalue weighted by Crippen LogP contribution is 2.31. The summed E-state index contributed by atoms with van der Waals surface area (Å²) in [4.78, 5) is 46.1. The van der Waals surface area contributed by atoms with E-state index in [9.17, 15) is 18.4 Å². The maximum absolute atomic E-state index is 14.3. The molecule has 4 N–H and O–H groups in total. The van der Waals surface area contributed by atoms with E-state index in [0.29, 0.717) is 33.9 Å². The molecule has 6 aromatic rings. The predicted octanol–water partition coefficient (Wildman–Crippen LogP) is 8.59.